The van der Waals surface area contributed by atoms with Gasteiger partial charge in [-0.15, -0.1) is 11.3 Å². The number of hydrogen-bond acceptors (Lipinski definition) is 4. The molecule has 0 atom stereocenters. The Kier molecular flexibility index (Phi) is 5.11. The summed E-state index contributed by atoms with van der Waals surface area (Å²) in [6, 6.07) is 3.83. The minimum Gasteiger partial charge on any atom is -0.467 e. The molecular weight excluding hydrogens is 296 g/mol. The van der Waals surface area contributed by atoms with Crippen LogP contribution in [-0.4, -0.2) is 24.5 Å². The van der Waals surface area contributed by atoms with E-state index in [1.807, 2.05) is 23.5 Å². The van der Waals surface area contributed by atoms with Crippen molar-refractivity contribution < 1.29 is 4.42 Å². The molecule has 3 rings (SSSR count). The molecule has 2 N–H and O–H groups in total. The van der Waals surface area contributed by atoms with E-state index in [2.05, 4.69) is 15.6 Å². The van der Waals surface area contributed by atoms with E-state index >= 15 is 0 Å². The Morgan fingerprint density at radius 3 is 3.05 bits per heavy atom. The second-order valence-corrected chi connectivity index (χ2v) is 6.53. The Morgan fingerprint density at radius 2 is 2.27 bits per heavy atom. The van der Waals surface area contributed by atoms with E-state index in [0.29, 0.717) is 6.54 Å². The van der Waals surface area contributed by atoms with Crippen molar-refractivity contribution in [3.05, 3.63) is 39.7 Å². The summed E-state index contributed by atoms with van der Waals surface area (Å²) >= 11 is 1.88. The molecule has 5 nitrogen and oxygen atoms in total. The highest BCUT2D eigenvalue weighted by molar-refractivity contribution is 7.11. The predicted molar refractivity (Wildman–Crippen MR) is 89.4 cm³/mol. The standard InChI is InChI=1S/C16H22N4OS/c1-17-16(19-11-12-5-4-10-21-12)18-9-8-15-20-13-6-2-3-7-14(13)22-15/h4-5,10H,2-3,6-9,11H2,1H3,(H2,17,18,19). The molecule has 0 saturated heterocycles. The molecule has 0 aliphatic heterocycles. The molecule has 1 aliphatic rings. The lowest BCUT2D eigenvalue weighted by atomic mass is 10.0. The number of nitrogens with zero attached hydrogens (tertiary/aromatic N) is 2. The van der Waals surface area contributed by atoms with Crippen LogP contribution in [0.2, 0.25) is 0 Å². The first-order valence-electron chi connectivity index (χ1n) is 7.79. The smallest absolute Gasteiger partial charge is 0.191 e. The zero-order valence-corrected chi connectivity index (χ0v) is 13.7. The van der Waals surface area contributed by atoms with Gasteiger partial charge < -0.3 is 15.1 Å². The van der Waals surface area contributed by atoms with Crippen molar-refractivity contribution in [3.63, 3.8) is 0 Å². The minimum atomic E-state index is 0.637. The second-order valence-electron chi connectivity index (χ2n) is 5.37. The van der Waals surface area contributed by atoms with Crippen molar-refractivity contribution in [1.82, 2.24) is 15.6 Å². The van der Waals surface area contributed by atoms with Crippen LogP contribution in [0.4, 0.5) is 0 Å². The van der Waals surface area contributed by atoms with Crippen LogP contribution in [0.1, 0.15) is 34.2 Å². The molecule has 0 aromatic carbocycles. The first-order valence-corrected chi connectivity index (χ1v) is 8.61. The molecule has 0 unspecified atom stereocenters. The minimum absolute atomic E-state index is 0.637. The Bertz CT molecular complexity index is 595. The van der Waals surface area contributed by atoms with Gasteiger partial charge in [-0.05, 0) is 37.8 Å². The van der Waals surface area contributed by atoms with E-state index in [1.165, 1.54) is 34.8 Å². The molecule has 2 heterocycles. The number of fused-ring (bicyclic) bond motifs is 1. The molecule has 0 spiro atoms. The fourth-order valence-electron chi connectivity index (χ4n) is 2.60. The molecule has 2 aromatic rings. The zero-order chi connectivity index (χ0) is 15.2. The highest BCUT2D eigenvalue weighted by atomic mass is 32.1. The maximum absolute atomic E-state index is 5.30. The van der Waals surface area contributed by atoms with Gasteiger partial charge in [0, 0.05) is 24.9 Å². The monoisotopic (exact) mass is 318 g/mol. The number of nitrogens with one attached hydrogen (secondary N) is 2. The van der Waals surface area contributed by atoms with Crippen molar-refractivity contribution in [2.45, 2.75) is 38.6 Å². The second kappa shape index (κ2) is 7.45. The molecule has 0 fully saturated rings. The number of furan rings is 1. The SMILES string of the molecule is CN=C(NCCc1nc2c(s1)CCCC2)NCc1ccco1. The number of aryl methyl sites for hydroxylation is 2. The van der Waals surface area contributed by atoms with Crippen LogP contribution >= 0.6 is 11.3 Å². The molecule has 0 amide bonds. The normalized spacial score (nSPS) is 14.7. The van der Waals surface area contributed by atoms with Crippen LogP contribution < -0.4 is 10.6 Å². The number of hydrogen-bond donors (Lipinski definition) is 2. The molecule has 6 heteroatoms. The van der Waals surface area contributed by atoms with Crippen molar-refractivity contribution in [2.75, 3.05) is 13.6 Å². The Hall–Kier alpha value is -1.82. The number of aliphatic imine (C=N–C) groups is 1. The van der Waals surface area contributed by atoms with Gasteiger partial charge >= 0.3 is 0 Å². The van der Waals surface area contributed by atoms with Crippen LogP contribution in [0, 0.1) is 0 Å². The van der Waals surface area contributed by atoms with E-state index < -0.39 is 0 Å². The van der Waals surface area contributed by atoms with Crippen LogP contribution in [-0.2, 0) is 25.8 Å². The van der Waals surface area contributed by atoms with E-state index in [0.717, 1.165) is 31.1 Å². The third-order valence-electron chi connectivity index (χ3n) is 3.76. The highest BCUT2D eigenvalue weighted by Crippen LogP contribution is 2.26. The van der Waals surface area contributed by atoms with Crippen molar-refractivity contribution >= 4 is 17.3 Å². The number of thiazole rings is 1. The molecule has 0 bridgehead atoms. The van der Waals surface area contributed by atoms with Gasteiger partial charge in [-0.25, -0.2) is 4.98 Å². The van der Waals surface area contributed by atoms with Gasteiger partial charge in [0.1, 0.15) is 5.76 Å². The summed E-state index contributed by atoms with van der Waals surface area (Å²) in [7, 11) is 1.78. The van der Waals surface area contributed by atoms with Crippen molar-refractivity contribution in [1.29, 1.82) is 0 Å². The summed E-state index contributed by atoms with van der Waals surface area (Å²) in [6.07, 6.45) is 7.60. The predicted octanol–water partition coefficient (Wildman–Crippen LogP) is 2.52. The van der Waals surface area contributed by atoms with E-state index in [4.69, 9.17) is 9.40 Å². The molecule has 22 heavy (non-hydrogen) atoms. The Balaban J connectivity index is 1.44. The average Bonchev–Trinajstić information content (AvgIpc) is 3.19. The van der Waals surface area contributed by atoms with E-state index in [1.54, 1.807) is 13.3 Å². The lowest BCUT2D eigenvalue weighted by molar-refractivity contribution is 0.501. The maximum atomic E-state index is 5.30. The first-order chi connectivity index (χ1) is 10.8. The molecule has 0 radical (unpaired) electrons. The Labute approximate surface area is 134 Å². The van der Waals surface area contributed by atoms with E-state index in [-0.39, 0.29) is 0 Å². The summed E-state index contributed by atoms with van der Waals surface area (Å²) in [5.41, 5.74) is 1.34. The third kappa shape index (κ3) is 3.88. The lowest BCUT2D eigenvalue weighted by Crippen LogP contribution is -2.37. The summed E-state index contributed by atoms with van der Waals surface area (Å²) in [5.74, 6) is 1.69. The Morgan fingerprint density at radius 1 is 1.36 bits per heavy atom. The van der Waals surface area contributed by atoms with Crippen LogP contribution in [0.3, 0.4) is 0 Å². The average molecular weight is 318 g/mol. The number of aromatic nitrogens is 1. The van der Waals surface area contributed by atoms with E-state index in [9.17, 15) is 0 Å². The lowest BCUT2D eigenvalue weighted by Gasteiger charge is -2.10. The first kappa shape index (κ1) is 15.1. The third-order valence-corrected chi connectivity index (χ3v) is 4.97. The quantitative estimate of drug-likeness (QED) is 0.657. The molecule has 118 valence electrons. The largest absolute Gasteiger partial charge is 0.467 e. The summed E-state index contributed by atoms with van der Waals surface area (Å²) in [6.45, 7) is 1.47. The topological polar surface area (TPSA) is 62.5 Å². The molecule has 2 aromatic heterocycles. The fourth-order valence-corrected chi connectivity index (χ4v) is 3.76. The van der Waals surface area contributed by atoms with Crippen molar-refractivity contribution in [2.24, 2.45) is 4.99 Å². The molecule has 1 aliphatic carbocycles. The fraction of sp³-hybridized carbons (Fsp3) is 0.500. The molecular formula is C16H22N4OS. The van der Waals surface area contributed by atoms with Gasteiger partial charge in [0.05, 0.1) is 23.5 Å². The van der Waals surface area contributed by atoms with Gasteiger partial charge in [0.15, 0.2) is 5.96 Å². The van der Waals surface area contributed by atoms with Gasteiger partial charge in [0.2, 0.25) is 0 Å². The zero-order valence-electron chi connectivity index (χ0n) is 12.9. The molecule has 0 saturated carbocycles. The maximum Gasteiger partial charge on any atom is 0.191 e. The summed E-state index contributed by atoms with van der Waals surface area (Å²) < 4.78 is 5.30. The van der Waals surface area contributed by atoms with Crippen LogP contribution in [0.5, 0.6) is 0 Å². The number of guanidine groups is 1. The highest BCUT2D eigenvalue weighted by Gasteiger charge is 2.14. The summed E-state index contributed by atoms with van der Waals surface area (Å²) in [5, 5.41) is 7.80. The van der Waals surface area contributed by atoms with Gasteiger partial charge in [-0.1, -0.05) is 0 Å². The van der Waals surface area contributed by atoms with Crippen molar-refractivity contribution in [3.8, 4) is 0 Å². The van der Waals surface area contributed by atoms with Crippen LogP contribution in [0.15, 0.2) is 27.8 Å². The van der Waals surface area contributed by atoms with Gasteiger partial charge in [-0.3, -0.25) is 4.99 Å². The van der Waals surface area contributed by atoms with Crippen LogP contribution in [0.25, 0.3) is 0 Å². The number of rotatable bonds is 5. The van der Waals surface area contributed by atoms with Gasteiger partial charge in [0.25, 0.3) is 0 Å². The summed E-state index contributed by atoms with van der Waals surface area (Å²) in [4.78, 5) is 10.5. The van der Waals surface area contributed by atoms with Gasteiger partial charge in [-0.2, -0.15) is 0 Å².